The minimum absolute atomic E-state index is 0.170. The molecule has 0 atom stereocenters. The average Bonchev–Trinajstić information content (AvgIpc) is 2.83. The Balaban J connectivity index is 2.29. The maximum Gasteiger partial charge on any atom is 0.283 e. The number of aryl methyl sites for hydroxylation is 1. The predicted octanol–water partition coefficient (Wildman–Crippen LogP) is 3.94. The molecular weight excluding hydrogens is 348 g/mol. The van der Waals surface area contributed by atoms with Crippen molar-refractivity contribution in [2.45, 2.75) is 25.7 Å². The van der Waals surface area contributed by atoms with Crippen molar-refractivity contribution in [3.8, 4) is 5.75 Å². The molecule has 0 spiro atoms. The summed E-state index contributed by atoms with van der Waals surface area (Å²) in [6, 6.07) is 10.5. The van der Waals surface area contributed by atoms with Crippen LogP contribution in [0.5, 0.6) is 5.75 Å². The van der Waals surface area contributed by atoms with Crippen LogP contribution in [0.4, 0.5) is 0 Å². The van der Waals surface area contributed by atoms with E-state index in [0.717, 1.165) is 9.47 Å². The van der Waals surface area contributed by atoms with Gasteiger partial charge in [0.2, 0.25) is 0 Å². The third-order valence-corrected chi connectivity index (χ3v) is 6.08. The second kappa shape index (κ2) is 6.11. The van der Waals surface area contributed by atoms with Gasteiger partial charge < -0.3 is 4.74 Å². The van der Waals surface area contributed by atoms with Crippen LogP contribution < -0.4 is 4.74 Å². The van der Waals surface area contributed by atoms with Crippen LogP contribution in [0, 0.1) is 13.8 Å². The molecule has 1 heterocycles. The van der Waals surface area contributed by atoms with Crippen molar-refractivity contribution in [1.29, 1.82) is 0 Å². The lowest BCUT2D eigenvalue weighted by atomic mass is 10.1. The predicted molar refractivity (Wildman–Crippen MR) is 94.4 cm³/mol. The molecule has 0 aliphatic carbocycles. The number of hydrogen-bond donors (Lipinski definition) is 0. The highest BCUT2D eigenvalue weighted by atomic mass is 35.5. The van der Waals surface area contributed by atoms with Gasteiger partial charge >= 0.3 is 0 Å². The monoisotopic (exact) mass is 364 g/mol. The Morgan fingerprint density at radius 2 is 1.79 bits per heavy atom. The Morgan fingerprint density at radius 3 is 2.38 bits per heavy atom. The summed E-state index contributed by atoms with van der Waals surface area (Å²) < 4.78 is 32.8. The molecule has 0 saturated carbocycles. The van der Waals surface area contributed by atoms with Crippen LogP contribution in [-0.4, -0.2) is 24.2 Å². The Labute approximate surface area is 145 Å². The maximum absolute atomic E-state index is 13.1. The van der Waals surface area contributed by atoms with E-state index < -0.39 is 10.0 Å². The smallest absolute Gasteiger partial charge is 0.283 e. The molecule has 126 valence electrons. The molecule has 3 aromatic rings. The molecule has 0 radical (unpaired) electrons. The van der Waals surface area contributed by atoms with Crippen LogP contribution in [0.3, 0.4) is 0 Å². The Bertz CT molecular complexity index is 1030. The van der Waals surface area contributed by atoms with Crippen LogP contribution in [0.15, 0.2) is 41.3 Å². The minimum atomic E-state index is -3.86. The number of aromatic nitrogens is 2. The van der Waals surface area contributed by atoms with Gasteiger partial charge in [-0.25, -0.2) is 0 Å². The lowest BCUT2D eigenvalue weighted by molar-refractivity contribution is 0.344. The van der Waals surface area contributed by atoms with Gasteiger partial charge in [-0.1, -0.05) is 35.9 Å². The number of benzene rings is 2. The summed E-state index contributed by atoms with van der Waals surface area (Å²) in [6.45, 7) is 5.70. The lowest BCUT2D eigenvalue weighted by Crippen LogP contribution is -2.16. The van der Waals surface area contributed by atoms with E-state index in [1.165, 1.54) is 0 Å². The quantitative estimate of drug-likeness (QED) is 0.703. The Morgan fingerprint density at radius 1 is 1.12 bits per heavy atom. The Hall–Kier alpha value is -2.05. The highest BCUT2D eigenvalue weighted by Gasteiger charge is 2.25. The minimum Gasteiger partial charge on any atom is -0.493 e. The number of halogens is 1. The summed E-state index contributed by atoms with van der Waals surface area (Å²) in [6.07, 6.45) is 0. The van der Waals surface area contributed by atoms with Crippen molar-refractivity contribution in [1.82, 2.24) is 9.19 Å². The van der Waals surface area contributed by atoms with E-state index in [2.05, 4.69) is 5.10 Å². The van der Waals surface area contributed by atoms with Gasteiger partial charge in [0, 0.05) is 10.8 Å². The van der Waals surface area contributed by atoms with E-state index in [9.17, 15) is 8.42 Å². The van der Waals surface area contributed by atoms with Crippen molar-refractivity contribution >= 4 is 32.4 Å². The molecule has 3 rings (SSSR count). The molecule has 0 N–H and O–H groups in total. The van der Waals surface area contributed by atoms with E-state index in [1.807, 2.05) is 19.1 Å². The molecule has 0 saturated heterocycles. The fourth-order valence-electron chi connectivity index (χ4n) is 2.68. The van der Waals surface area contributed by atoms with Gasteiger partial charge in [-0.2, -0.15) is 17.6 Å². The third kappa shape index (κ3) is 2.56. The van der Waals surface area contributed by atoms with Gasteiger partial charge in [-0.15, -0.1) is 0 Å². The van der Waals surface area contributed by atoms with Gasteiger partial charge in [-0.05, 0) is 32.9 Å². The van der Waals surface area contributed by atoms with Crippen LogP contribution in [0.25, 0.3) is 10.8 Å². The summed E-state index contributed by atoms with van der Waals surface area (Å²) in [7, 11) is -3.86. The fourth-order valence-corrected chi connectivity index (χ4v) is 4.41. The maximum atomic E-state index is 13.1. The summed E-state index contributed by atoms with van der Waals surface area (Å²) in [4.78, 5) is 0.170. The zero-order valence-electron chi connectivity index (χ0n) is 13.6. The van der Waals surface area contributed by atoms with Crippen LogP contribution >= 0.6 is 11.6 Å². The molecule has 0 aliphatic heterocycles. The third-order valence-electron chi connectivity index (χ3n) is 3.81. The zero-order valence-corrected chi connectivity index (χ0v) is 15.1. The molecule has 0 amide bonds. The molecule has 1 aromatic heterocycles. The average molecular weight is 365 g/mol. The summed E-state index contributed by atoms with van der Waals surface area (Å²) >= 11 is 6.11. The molecule has 24 heavy (non-hydrogen) atoms. The number of rotatable bonds is 4. The van der Waals surface area contributed by atoms with Gasteiger partial charge in [0.1, 0.15) is 5.75 Å². The van der Waals surface area contributed by atoms with E-state index in [1.54, 1.807) is 38.1 Å². The number of ether oxygens (including phenoxy) is 1. The second-order valence-electron chi connectivity index (χ2n) is 5.37. The molecule has 5 nitrogen and oxygen atoms in total. The van der Waals surface area contributed by atoms with Gasteiger partial charge in [0.05, 0.1) is 27.9 Å². The van der Waals surface area contributed by atoms with Crippen molar-refractivity contribution < 1.29 is 13.2 Å². The molecule has 0 fully saturated rings. The van der Waals surface area contributed by atoms with Crippen molar-refractivity contribution in [2.24, 2.45) is 0 Å². The van der Waals surface area contributed by atoms with Gasteiger partial charge in [-0.3, -0.25) is 0 Å². The molecule has 7 heteroatoms. The van der Waals surface area contributed by atoms with E-state index in [-0.39, 0.29) is 4.90 Å². The summed E-state index contributed by atoms with van der Waals surface area (Å²) in [5, 5.41) is 5.78. The highest BCUT2D eigenvalue weighted by Crippen LogP contribution is 2.33. The molecule has 0 aliphatic rings. The topological polar surface area (TPSA) is 61.2 Å². The Kier molecular flexibility index (Phi) is 4.27. The first kappa shape index (κ1) is 16.8. The van der Waals surface area contributed by atoms with Gasteiger partial charge in [0.25, 0.3) is 10.0 Å². The molecule has 0 unspecified atom stereocenters. The standard InChI is InChI=1S/C17H17ClN2O3S/c1-4-23-15-9-10-16(14-8-6-5-7-13(14)15)24(21,22)20-12(3)17(18)11(2)19-20/h5-10H,4H2,1-3H3. The SMILES string of the molecule is CCOc1ccc(S(=O)(=O)n2nc(C)c(Cl)c2C)c2ccccc12. The first-order chi connectivity index (χ1) is 11.4. The summed E-state index contributed by atoms with van der Waals surface area (Å²) in [5.74, 6) is 0.651. The molecule has 2 aromatic carbocycles. The highest BCUT2D eigenvalue weighted by molar-refractivity contribution is 7.90. The normalized spacial score (nSPS) is 11.8. The van der Waals surface area contributed by atoms with Crippen molar-refractivity contribution in [3.05, 3.63) is 52.8 Å². The van der Waals surface area contributed by atoms with Crippen LogP contribution in [0.1, 0.15) is 18.3 Å². The van der Waals surface area contributed by atoms with Crippen molar-refractivity contribution in [3.63, 3.8) is 0 Å². The molecule has 0 bridgehead atoms. The van der Waals surface area contributed by atoms with Gasteiger partial charge in [0.15, 0.2) is 0 Å². The van der Waals surface area contributed by atoms with E-state index in [4.69, 9.17) is 16.3 Å². The van der Waals surface area contributed by atoms with E-state index in [0.29, 0.717) is 34.2 Å². The van der Waals surface area contributed by atoms with Crippen LogP contribution in [-0.2, 0) is 10.0 Å². The largest absolute Gasteiger partial charge is 0.493 e. The lowest BCUT2D eigenvalue weighted by Gasteiger charge is -2.13. The first-order valence-corrected chi connectivity index (χ1v) is 9.31. The molecular formula is C17H17ClN2O3S. The fraction of sp³-hybridized carbons (Fsp3) is 0.235. The second-order valence-corrected chi connectivity index (χ2v) is 7.49. The van der Waals surface area contributed by atoms with Crippen LogP contribution in [0.2, 0.25) is 5.02 Å². The first-order valence-electron chi connectivity index (χ1n) is 7.49. The zero-order chi connectivity index (χ0) is 17.5. The van der Waals surface area contributed by atoms with Crippen molar-refractivity contribution in [2.75, 3.05) is 6.61 Å². The number of nitrogens with zero attached hydrogens (tertiary/aromatic N) is 2. The summed E-state index contributed by atoms with van der Waals surface area (Å²) in [5.41, 5.74) is 0.875. The van der Waals surface area contributed by atoms with E-state index >= 15 is 0 Å². The number of hydrogen-bond acceptors (Lipinski definition) is 4. The number of fused-ring (bicyclic) bond motifs is 1.